The number of anilines is 1. The van der Waals surface area contributed by atoms with Crippen LogP contribution in [0.1, 0.15) is 0 Å². The molecule has 7 nitrogen and oxygen atoms in total. The van der Waals surface area contributed by atoms with E-state index in [1.807, 2.05) is 0 Å². The molecule has 0 spiro atoms. The van der Waals surface area contributed by atoms with Gasteiger partial charge >= 0.3 is 5.97 Å². The molecule has 21 heavy (non-hydrogen) atoms. The van der Waals surface area contributed by atoms with Crippen LogP contribution in [0.2, 0.25) is 5.02 Å². The molecule has 1 N–H and O–H groups in total. The molecule has 0 saturated carbocycles. The zero-order chi connectivity index (χ0) is 16.2. The molecule has 1 aromatic carbocycles. The summed E-state index contributed by atoms with van der Waals surface area (Å²) in [5, 5.41) is 19.6. The molecule has 0 radical (unpaired) electrons. The maximum absolute atomic E-state index is 13.6. The zero-order valence-electron chi connectivity index (χ0n) is 11.5. The first-order chi connectivity index (χ1) is 9.72. The van der Waals surface area contributed by atoms with E-state index in [0.717, 1.165) is 12.1 Å². The van der Waals surface area contributed by atoms with Crippen LogP contribution in [0.15, 0.2) is 12.1 Å². The number of hydrogen-bond donors (Lipinski definition) is 1. The molecular formula is C12H15ClFN3O4. The Bertz CT molecular complexity index is 554. The fourth-order valence-electron chi connectivity index (χ4n) is 1.69. The molecule has 9 heteroatoms. The highest BCUT2D eigenvalue weighted by Gasteiger charge is 2.24. The van der Waals surface area contributed by atoms with Crippen LogP contribution in [-0.4, -0.2) is 54.6 Å². The minimum absolute atomic E-state index is 0.105. The Labute approximate surface area is 125 Å². The van der Waals surface area contributed by atoms with Crippen LogP contribution in [0.4, 0.5) is 15.8 Å². The van der Waals surface area contributed by atoms with Gasteiger partial charge in [0, 0.05) is 25.2 Å². The number of benzene rings is 1. The van der Waals surface area contributed by atoms with E-state index in [-0.39, 0.29) is 17.3 Å². The third-order valence-electron chi connectivity index (χ3n) is 2.70. The highest BCUT2D eigenvalue weighted by molar-refractivity contribution is 6.31. The molecule has 1 rings (SSSR count). The van der Waals surface area contributed by atoms with Crippen LogP contribution in [0.3, 0.4) is 0 Å². The van der Waals surface area contributed by atoms with Crippen molar-refractivity contribution in [2.24, 2.45) is 0 Å². The van der Waals surface area contributed by atoms with E-state index in [1.165, 1.54) is 4.90 Å². The normalized spacial score (nSPS) is 10.7. The Morgan fingerprint density at radius 1 is 1.43 bits per heavy atom. The minimum atomic E-state index is -1.17. The molecule has 0 saturated heterocycles. The summed E-state index contributed by atoms with van der Waals surface area (Å²) in [4.78, 5) is 24.3. The highest BCUT2D eigenvalue weighted by Crippen LogP contribution is 2.33. The lowest BCUT2D eigenvalue weighted by Gasteiger charge is -2.24. The van der Waals surface area contributed by atoms with Crippen LogP contribution < -0.4 is 4.90 Å². The van der Waals surface area contributed by atoms with Gasteiger partial charge in [0.25, 0.3) is 5.69 Å². The third kappa shape index (κ3) is 4.83. The van der Waals surface area contributed by atoms with Gasteiger partial charge < -0.3 is 14.9 Å². The fourth-order valence-corrected chi connectivity index (χ4v) is 1.85. The monoisotopic (exact) mass is 319 g/mol. The van der Waals surface area contributed by atoms with Gasteiger partial charge in [-0.05, 0) is 14.1 Å². The predicted octanol–water partition coefficient (Wildman–Crippen LogP) is 1.84. The second-order valence-corrected chi connectivity index (χ2v) is 5.04. The Balaban J connectivity index is 3.24. The Morgan fingerprint density at radius 3 is 2.52 bits per heavy atom. The van der Waals surface area contributed by atoms with Crippen molar-refractivity contribution in [3.05, 3.63) is 33.1 Å². The summed E-state index contributed by atoms with van der Waals surface area (Å²) in [6.45, 7) is 0.172. The maximum Gasteiger partial charge on any atom is 0.323 e. The van der Waals surface area contributed by atoms with Crippen LogP contribution in [0.25, 0.3) is 0 Å². The largest absolute Gasteiger partial charge is 0.480 e. The number of carboxylic acids is 1. The van der Waals surface area contributed by atoms with E-state index in [0.29, 0.717) is 6.54 Å². The van der Waals surface area contributed by atoms with E-state index in [1.54, 1.807) is 19.0 Å². The van der Waals surface area contributed by atoms with Crippen molar-refractivity contribution in [2.45, 2.75) is 0 Å². The molecule has 0 heterocycles. The molecule has 0 atom stereocenters. The molecule has 0 amide bonds. The lowest BCUT2D eigenvalue weighted by molar-refractivity contribution is -0.384. The SMILES string of the molecule is CN(C)CCN(CC(=O)O)c1cc(F)c(Cl)cc1[N+](=O)[O-]. The Hall–Kier alpha value is -1.93. The van der Waals surface area contributed by atoms with Crippen molar-refractivity contribution in [3.8, 4) is 0 Å². The number of nitro benzene ring substituents is 1. The summed E-state index contributed by atoms with van der Waals surface area (Å²) in [5.41, 5.74) is -0.535. The predicted molar refractivity (Wildman–Crippen MR) is 76.5 cm³/mol. The lowest BCUT2D eigenvalue weighted by atomic mass is 10.2. The van der Waals surface area contributed by atoms with Gasteiger partial charge in [-0.3, -0.25) is 14.9 Å². The summed E-state index contributed by atoms with van der Waals surface area (Å²) in [7, 11) is 3.55. The first-order valence-corrected chi connectivity index (χ1v) is 6.35. The quantitative estimate of drug-likeness (QED) is 0.609. The van der Waals surface area contributed by atoms with E-state index >= 15 is 0 Å². The lowest BCUT2D eigenvalue weighted by Crippen LogP contribution is -2.36. The number of likely N-dealkylation sites (N-methyl/N-ethyl adjacent to an activating group) is 1. The number of hydrogen-bond acceptors (Lipinski definition) is 5. The summed E-state index contributed by atoms with van der Waals surface area (Å²) < 4.78 is 13.6. The second-order valence-electron chi connectivity index (χ2n) is 4.63. The number of nitro groups is 1. The zero-order valence-corrected chi connectivity index (χ0v) is 12.3. The van der Waals surface area contributed by atoms with Gasteiger partial charge in [0.2, 0.25) is 0 Å². The molecule has 0 aliphatic rings. The minimum Gasteiger partial charge on any atom is -0.480 e. The van der Waals surface area contributed by atoms with E-state index < -0.39 is 28.9 Å². The van der Waals surface area contributed by atoms with Gasteiger partial charge in [-0.25, -0.2) is 4.39 Å². The number of carbonyl (C=O) groups is 1. The highest BCUT2D eigenvalue weighted by atomic mass is 35.5. The van der Waals surface area contributed by atoms with Crippen LogP contribution in [-0.2, 0) is 4.79 Å². The third-order valence-corrected chi connectivity index (χ3v) is 2.99. The van der Waals surface area contributed by atoms with Crippen molar-refractivity contribution < 1.29 is 19.2 Å². The second kappa shape index (κ2) is 7.19. The molecule has 116 valence electrons. The molecule has 0 aromatic heterocycles. The molecule has 0 fully saturated rings. The topological polar surface area (TPSA) is 86.9 Å². The van der Waals surface area contributed by atoms with E-state index in [9.17, 15) is 19.3 Å². The fraction of sp³-hybridized carbons (Fsp3) is 0.417. The summed E-state index contributed by atoms with van der Waals surface area (Å²) in [5.74, 6) is -2.00. The first kappa shape index (κ1) is 17.1. The van der Waals surface area contributed by atoms with Crippen molar-refractivity contribution >= 4 is 28.9 Å². The molecule has 0 aliphatic heterocycles. The Morgan fingerprint density at radius 2 is 2.05 bits per heavy atom. The number of halogens is 2. The standard InChI is InChI=1S/C12H15ClFN3O4/c1-15(2)3-4-16(7-12(18)19)10-6-9(14)8(13)5-11(10)17(20)21/h5-6H,3-4,7H2,1-2H3,(H,18,19). The number of aliphatic carboxylic acids is 1. The van der Waals surface area contributed by atoms with Gasteiger partial charge in [0.05, 0.1) is 9.95 Å². The van der Waals surface area contributed by atoms with E-state index in [4.69, 9.17) is 16.7 Å². The van der Waals surface area contributed by atoms with Crippen molar-refractivity contribution in [1.29, 1.82) is 0 Å². The molecule has 1 aromatic rings. The van der Waals surface area contributed by atoms with Gasteiger partial charge in [-0.15, -0.1) is 0 Å². The van der Waals surface area contributed by atoms with Gasteiger partial charge in [-0.2, -0.15) is 0 Å². The van der Waals surface area contributed by atoms with Crippen LogP contribution in [0.5, 0.6) is 0 Å². The number of rotatable bonds is 7. The Kier molecular flexibility index (Phi) is 5.86. The van der Waals surface area contributed by atoms with Gasteiger partial charge in [0.15, 0.2) is 0 Å². The van der Waals surface area contributed by atoms with Crippen molar-refractivity contribution in [2.75, 3.05) is 38.6 Å². The molecule has 0 unspecified atom stereocenters. The van der Waals surface area contributed by atoms with Crippen LogP contribution in [0, 0.1) is 15.9 Å². The van der Waals surface area contributed by atoms with E-state index in [2.05, 4.69) is 0 Å². The number of carboxylic acid groups (broad SMARTS) is 1. The van der Waals surface area contributed by atoms with Crippen LogP contribution >= 0.6 is 11.6 Å². The maximum atomic E-state index is 13.6. The van der Waals surface area contributed by atoms with Crippen molar-refractivity contribution in [1.82, 2.24) is 4.90 Å². The number of nitrogens with zero attached hydrogens (tertiary/aromatic N) is 3. The molecular weight excluding hydrogens is 305 g/mol. The summed E-state index contributed by atoms with van der Waals surface area (Å²) in [6.07, 6.45) is 0. The molecule has 0 bridgehead atoms. The molecule has 0 aliphatic carbocycles. The smallest absolute Gasteiger partial charge is 0.323 e. The average molecular weight is 320 g/mol. The summed E-state index contributed by atoms with van der Waals surface area (Å²) in [6, 6.07) is 1.77. The van der Waals surface area contributed by atoms with Gasteiger partial charge in [-0.1, -0.05) is 11.6 Å². The average Bonchev–Trinajstić information content (AvgIpc) is 2.36. The van der Waals surface area contributed by atoms with Crippen molar-refractivity contribution in [3.63, 3.8) is 0 Å². The first-order valence-electron chi connectivity index (χ1n) is 5.97. The van der Waals surface area contributed by atoms with Gasteiger partial charge in [0.1, 0.15) is 18.0 Å². The summed E-state index contributed by atoms with van der Waals surface area (Å²) >= 11 is 5.55.